The summed E-state index contributed by atoms with van der Waals surface area (Å²) in [6.45, 7) is 4.04. The van der Waals surface area contributed by atoms with E-state index in [1.165, 1.54) is 6.26 Å². The highest BCUT2D eigenvalue weighted by Gasteiger charge is 2.19. The number of carbonyl (C=O) groups is 1. The molecule has 2 rings (SSSR count). The molecule has 0 radical (unpaired) electrons. The van der Waals surface area contributed by atoms with Gasteiger partial charge in [0.1, 0.15) is 6.26 Å². The topological polar surface area (TPSA) is 52.3 Å². The van der Waals surface area contributed by atoms with Gasteiger partial charge in [-0.15, -0.1) is 0 Å². The minimum absolute atomic E-state index is 0.223. The first kappa shape index (κ1) is 11.4. The lowest BCUT2D eigenvalue weighted by atomic mass is 10.0. The molecule has 1 aromatic carbocycles. The highest BCUT2D eigenvalue weighted by atomic mass is 16.5. The number of ether oxygens (including phenoxy) is 1. The summed E-state index contributed by atoms with van der Waals surface area (Å²) in [4.78, 5) is 11.7. The standard InChI is InChI=1S/C13H13NO3/c1-3-16-13(15)12-11(8-17-14-12)10-7-5-4-6-9(10)2/h4-8H,3H2,1-2H3. The average molecular weight is 231 g/mol. The van der Waals surface area contributed by atoms with Crippen LogP contribution in [-0.2, 0) is 4.74 Å². The molecule has 17 heavy (non-hydrogen) atoms. The third-order valence-corrected chi connectivity index (χ3v) is 2.47. The van der Waals surface area contributed by atoms with Crippen LogP contribution < -0.4 is 0 Å². The summed E-state index contributed by atoms with van der Waals surface area (Å²) in [5.41, 5.74) is 2.88. The van der Waals surface area contributed by atoms with E-state index >= 15 is 0 Å². The Morgan fingerprint density at radius 2 is 2.12 bits per heavy atom. The molecule has 4 nitrogen and oxygen atoms in total. The number of hydrogen-bond acceptors (Lipinski definition) is 4. The van der Waals surface area contributed by atoms with Crippen LogP contribution in [0.1, 0.15) is 23.0 Å². The van der Waals surface area contributed by atoms with Gasteiger partial charge in [-0.25, -0.2) is 4.79 Å². The predicted octanol–water partition coefficient (Wildman–Crippen LogP) is 2.83. The Bertz CT molecular complexity index is 531. The second kappa shape index (κ2) is 4.82. The van der Waals surface area contributed by atoms with Crippen molar-refractivity contribution in [2.45, 2.75) is 13.8 Å². The van der Waals surface area contributed by atoms with Crippen molar-refractivity contribution in [3.8, 4) is 11.1 Å². The van der Waals surface area contributed by atoms with Crippen molar-refractivity contribution in [2.24, 2.45) is 0 Å². The number of benzene rings is 1. The van der Waals surface area contributed by atoms with E-state index in [-0.39, 0.29) is 5.69 Å². The van der Waals surface area contributed by atoms with Gasteiger partial charge in [0.25, 0.3) is 0 Å². The van der Waals surface area contributed by atoms with Crippen molar-refractivity contribution in [3.63, 3.8) is 0 Å². The van der Waals surface area contributed by atoms with E-state index < -0.39 is 5.97 Å². The molecule has 0 unspecified atom stereocenters. The highest BCUT2D eigenvalue weighted by molar-refractivity contribution is 5.95. The van der Waals surface area contributed by atoms with Crippen LogP contribution in [-0.4, -0.2) is 17.7 Å². The fourth-order valence-electron chi connectivity index (χ4n) is 1.65. The first-order valence-electron chi connectivity index (χ1n) is 5.41. The van der Waals surface area contributed by atoms with Gasteiger partial charge in [0.15, 0.2) is 5.69 Å². The second-order valence-electron chi connectivity index (χ2n) is 3.61. The molecule has 0 saturated carbocycles. The molecule has 0 atom stereocenters. The first-order chi connectivity index (χ1) is 8.24. The van der Waals surface area contributed by atoms with Crippen molar-refractivity contribution >= 4 is 5.97 Å². The summed E-state index contributed by atoms with van der Waals surface area (Å²) >= 11 is 0. The molecule has 4 heteroatoms. The molecule has 1 aromatic heterocycles. The Balaban J connectivity index is 2.44. The third-order valence-electron chi connectivity index (χ3n) is 2.47. The third kappa shape index (κ3) is 2.20. The fourth-order valence-corrected chi connectivity index (χ4v) is 1.65. The molecule has 1 heterocycles. The number of aryl methyl sites for hydroxylation is 1. The summed E-state index contributed by atoms with van der Waals surface area (Å²) in [6, 6.07) is 7.74. The SMILES string of the molecule is CCOC(=O)c1nocc1-c1ccccc1C. The van der Waals surface area contributed by atoms with Crippen molar-refractivity contribution < 1.29 is 14.1 Å². The molecule has 0 fully saturated rings. The first-order valence-corrected chi connectivity index (χ1v) is 5.41. The number of nitrogens with zero attached hydrogens (tertiary/aromatic N) is 1. The Morgan fingerprint density at radius 1 is 1.35 bits per heavy atom. The molecule has 88 valence electrons. The predicted molar refractivity (Wildman–Crippen MR) is 62.6 cm³/mol. The summed E-state index contributed by atoms with van der Waals surface area (Å²) in [5.74, 6) is -0.459. The zero-order valence-corrected chi connectivity index (χ0v) is 9.77. The van der Waals surface area contributed by atoms with Gasteiger partial charge in [-0.1, -0.05) is 29.4 Å². The summed E-state index contributed by atoms with van der Waals surface area (Å²) in [7, 11) is 0. The largest absolute Gasteiger partial charge is 0.461 e. The smallest absolute Gasteiger partial charge is 0.361 e. The molecular weight excluding hydrogens is 218 g/mol. The van der Waals surface area contributed by atoms with Crippen LogP contribution in [0.25, 0.3) is 11.1 Å². The van der Waals surface area contributed by atoms with Gasteiger partial charge < -0.3 is 9.26 Å². The van der Waals surface area contributed by atoms with Crippen molar-refractivity contribution in [1.82, 2.24) is 5.16 Å². The monoisotopic (exact) mass is 231 g/mol. The molecule has 0 bridgehead atoms. The molecule has 0 N–H and O–H groups in total. The number of hydrogen-bond donors (Lipinski definition) is 0. The van der Waals surface area contributed by atoms with E-state index in [1.54, 1.807) is 6.92 Å². The van der Waals surface area contributed by atoms with Crippen molar-refractivity contribution in [2.75, 3.05) is 6.61 Å². The van der Waals surface area contributed by atoms with Gasteiger partial charge in [-0.05, 0) is 25.0 Å². The molecular formula is C13H13NO3. The number of rotatable bonds is 3. The van der Waals surface area contributed by atoms with Crippen LogP contribution in [0.3, 0.4) is 0 Å². The highest BCUT2D eigenvalue weighted by Crippen LogP contribution is 2.26. The van der Waals surface area contributed by atoms with Crippen LogP contribution in [0.2, 0.25) is 0 Å². The van der Waals surface area contributed by atoms with Crippen LogP contribution in [0, 0.1) is 6.92 Å². The maximum absolute atomic E-state index is 11.7. The van der Waals surface area contributed by atoms with E-state index in [0.717, 1.165) is 11.1 Å². The van der Waals surface area contributed by atoms with Gasteiger partial charge in [-0.2, -0.15) is 0 Å². The quantitative estimate of drug-likeness (QED) is 0.762. The zero-order chi connectivity index (χ0) is 12.3. The molecule has 0 aliphatic heterocycles. The van der Waals surface area contributed by atoms with Crippen LogP contribution in [0.5, 0.6) is 0 Å². The lowest BCUT2D eigenvalue weighted by molar-refractivity contribution is 0.0515. The average Bonchev–Trinajstić information content (AvgIpc) is 2.79. The van der Waals surface area contributed by atoms with Crippen molar-refractivity contribution in [3.05, 3.63) is 41.8 Å². The van der Waals surface area contributed by atoms with Crippen LogP contribution in [0.4, 0.5) is 0 Å². The van der Waals surface area contributed by atoms with Gasteiger partial charge in [0, 0.05) is 0 Å². The lowest BCUT2D eigenvalue weighted by Crippen LogP contribution is -2.06. The van der Waals surface area contributed by atoms with E-state index in [1.807, 2.05) is 31.2 Å². The summed E-state index contributed by atoms with van der Waals surface area (Å²) < 4.78 is 9.80. The number of esters is 1. The van der Waals surface area contributed by atoms with Gasteiger partial charge in [0.2, 0.25) is 0 Å². The summed E-state index contributed by atoms with van der Waals surface area (Å²) in [5, 5.41) is 3.70. The minimum atomic E-state index is -0.459. The van der Waals surface area contributed by atoms with E-state index in [9.17, 15) is 4.79 Å². The Labute approximate surface area is 99.2 Å². The maximum atomic E-state index is 11.7. The van der Waals surface area contributed by atoms with Crippen LogP contribution in [0.15, 0.2) is 35.1 Å². The summed E-state index contributed by atoms with van der Waals surface area (Å²) in [6.07, 6.45) is 1.47. The second-order valence-corrected chi connectivity index (χ2v) is 3.61. The maximum Gasteiger partial charge on any atom is 0.361 e. The van der Waals surface area contributed by atoms with Gasteiger partial charge >= 0.3 is 5.97 Å². The molecule has 0 amide bonds. The molecule has 2 aromatic rings. The van der Waals surface area contributed by atoms with E-state index in [0.29, 0.717) is 12.2 Å². The van der Waals surface area contributed by atoms with Crippen LogP contribution >= 0.6 is 0 Å². The Morgan fingerprint density at radius 3 is 2.82 bits per heavy atom. The number of aromatic nitrogens is 1. The van der Waals surface area contributed by atoms with Gasteiger partial charge in [0.05, 0.1) is 12.2 Å². The van der Waals surface area contributed by atoms with Gasteiger partial charge in [-0.3, -0.25) is 0 Å². The molecule has 0 aliphatic rings. The lowest BCUT2D eigenvalue weighted by Gasteiger charge is -2.04. The zero-order valence-electron chi connectivity index (χ0n) is 9.77. The Hall–Kier alpha value is -2.10. The molecule has 0 saturated heterocycles. The molecule has 0 spiro atoms. The number of carbonyl (C=O) groups excluding carboxylic acids is 1. The Kier molecular flexibility index (Phi) is 3.23. The van der Waals surface area contributed by atoms with E-state index in [4.69, 9.17) is 9.26 Å². The van der Waals surface area contributed by atoms with Crippen molar-refractivity contribution in [1.29, 1.82) is 0 Å². The normalized spacial score (nSPS) is 10.2. The van der Waals surface area contributed by atoms with E-state index in [2.05, 4.69) is 5.16 Å². The minimum Gasteiger partial charge on any atom is -0.461 e. The molecule has 0 aliphatic carbocycles. The fraction of sp³-hybridized carbons (Fsp3) is 0.231.